The molecule has 0 saturated carbocycles. The van der Waals surface area contributed by atoms with Crippen molar-refractivity contribution in [1.82, 2.24) is 0 Å². The Morgan fingerprint density at radius 3 is 2.25 bits per heavy atom. The van der Waals surface area contributed by atoms with Gasteiger partial charge in [0.25, 0.3) is 0 Å². The highest BCUT2D eigenvalue weighted by Crippen LogP contribution is 2.11. The summed E-state index contributed by atoms with van der Waals surface area (Å²) in [7, 11) is 0. The van der Waals surface area contributed by atoms with Gasteiger partial charge >= 0.3 is 0 Å². The summed E-state index contributed by atoms with van der Waals surface area (Å²) in [4.78, 5) is 9.57. The molecule has 4 heteroatoms. The molecule has 0 fully saturated rings. The van der Waals surface area contributed by atoms with Crippen LogP contribution in [0.25, 0.3) is 0 Å². The van der Waals surface area contributed by atoms with E-state index in [4.69, 9.17) is 9.78 Å². The van der Waals surface area contributed by atoms with Crippen LogP contribution in [-0.4, -0.2) is 13.2 Å². The highest BCUT2D eigenvalue weighted by atomic mass is 17.7. The molecule has 0 aromatic rings. The van der Waals surface area contributed by atoms with Crippen LogP contribution in [0.5, 0.6) is 0 Å². The third-order valence-electron chi connectivity index (χ3n) is 2.29. The first kappa shape index (κ1) is 15.8. The highest BCUT2D eigenvalue weighted by molar-refractivity contribution is 4.53. The normalized spacial score (nSPS) is 13.3. The largest absolute Gasteiger partial charge is 0.204 e. The Labute approximate surface area is 99.0 Å². The molecule has 16 heavy (non-hydrogen) atoms. The van der Waals surface area contributed by atoms with Gasteiger partial charge in [0.2, 0.25) is 0 Å². The van der Waals surface area contributed by atoms with Crippen molar-refractivity contribution in [3.8, 4) is 0 Å². The van der Waals surface area contributed by atoms with Gasteiger partial charge in [-0.3, -0.25) is 0 Å². The van der Waals surface area contributed by atoms with E-state index < -0.39 is 0 Å². The quantitative estimate of drug-likeness (QED) is 0.310. The Balaban J connectivity index is 3.12. The number of hydrogen-bond donors (Lipinski definition) is 0. The van der Waals surface area contributed by atoms with Gasteiger partial charge in [-0.05, 0) is 34.8 Å². The fraction of sp³-hybridized carbons (Fsp3) is 1.00. The molecule has 0 rings (SSSR count). The third kappa shape index (κ3) is 11.9. The molecule has 0 saturated heterocycles. The number of unbranched alkanes of at least 4 members (excludes halogenated alkanes) is 1. The van der Waals surface area contributed by atoms with E-state index in [1.165, 1.54) is 6.42 Å². The Hall–Kier alpha value is -0.160. The highest BCUT2D eigenvalue weighted by Gasteiger charge is 2.04. The van der Waals surface area contributed by atoms with E-state index in [1.807, 2.05) is 0 Å². The van der Waals surface area contributed by atoms with Crippen molar-refractivity contribution in [3.63, 3.8) is 0 Å². The smallest absolute Gasteiger partial charge is 0.0880 e. The van der Waals surface area contributed by atoms with Gasteiger partial charge in [0.1, 0.15) is 0 Å². The van der Waals surface area contributed by atoms with Crippen molar-refractivity contribution in [2.24, 2.45) is 11.8 Å². The lowest BCUT2D eigenvalue weighted by atomic mass is 10.0. The van der Waals surface area contributed by atoms with Crippen LogP contribution in [0.15, 0.2) is 0 Å². The van der Waals surface area contributed by atoms with Crippen molar-refractivity contribution in [2.45, 2.75) is 53.4 Å². The van der Waals surface area contributed by atoms with E-state index in [0.29, 0.717) is 19.1 Å². The molecule has 1 atom stereocenters. The molecule has 0 amide bonds. The molecule has 0 aliphatic carbocycles. The molecule has 0 aliphatic heterocycles. The number of rotatable bonds is 11. The Kier molecular flexibility index (Phi) is 11.2. The van der Waals surface area contributed by atoms with Crippen LogP contribution < -0.4 is 0 Å². The lowest BCUT2D eigenvalue weighted by Gasteiger charge is -2.11. The summed E-state index contributed by atoms with van der Waals surface area (Å²) >= 11 is 0. The standard InChI is InChI=1S/C12H26O4/c1-5-6-9-13-15-16-14-10-12(4)8-7-11(2)3/h11-12H,5-10H2,1-4H3. The van der Waals surface area contributed by atoms with E-state index in [1.54, 1.807) is 0 Å². The third-order valence-corrected chi connectivity index (χ3v) is 2.29. The van der Waals surface area contributed by atoms with E-state index in [2.05, 4.69) is 37.8 Å². The Morgan fingerprint density at radius 1 is 0.938 bits per heavy atom. The predicted octanol–water partition coefficient (Wildman–Crippen LogP) is 3.67. The van der Waals surface area contributed by atoms with Crippen LogP contribution in [0, 0.1) is 11.8 Å². The lowest BCUT2D eigenvalue weighted by molar-refractivity contribution is -0.635. The van der Waals surface area contributed by atoms with Crippen LogP contribution in [0.3, 0.4) is 0 Å². The van der Waals surface area contributed by atoms with Gasteiger partial charge in [-0.15, -0.1) is 0 Å². The maximum absolute atomic E-state index is 4.86. The zero-order valence-corrected chi connectivity index (χ0v) is 11.0. The molecule has 0 N–H and O–H groups in total. The van der Waals surface area contributed by atoms with E-state index in [0.717, 1.165) is 25.2 Å². The summed E-state index contributed by atoms with van der Waals surface area (Å²) in [5, 5.41) is 8.82. The average molecular weight is 234 g/mol. The van der Waals surface area contributed by atoms with Gasteiger partial charge in [-0.2, -0.15) is 0 Å². The average Bonchev–Trinajstić information content (AvgIpc) is 2.25. The van der Waals surface area contributed by atoms with Crippen molar-refractivity contribution >= 4 is 0 Å². The predicted molar refractivity (Wildman–Crippen MR) is 62.2 cm³/mol. The Bertz CT molecular complexity index is 139. The summed E-state index contributed by atoms with van der Waals surface area (Å²) in [6, 6.07) is 0. The van der Waals surface area contributed by atoms with Gasteiger partial charge in [-0.1, -0.05) is 40.5 Å². The van der Waals surface area contributed by atoms with Gasteiger partial charge < -0.3 is 0 Å². The van der Waals surface area contributed by atoms with E-state index in [9.17, 15) is 0 Å². The fourth-order valence-electron chi connectivity index (χ4n) is 1.12. The molecule has 98 valence electrons. The van der Waals surface area contributed by atoms with E-state index in [-0.39, 0.29) is 0 Å². The minimum atomic E-state index is 0.474. The van der Waals surface area contributed by atoms with Crippen molar-refractivity contribution in [2.75, 3.05) is 13.2 Å². The molecule has 1 unspecified atom stereocenters. The molecule has 4 nitrogen and oxygen atoms in total. The van der Waals surface area contributed by atoms with Gasteiger partial charge in [0.05, 0.1) is 13.2 Å². The summed E-state index contributed by atoms with van der Waals surface area (Å²) in [5.41, 5.74) is 0. The van der Waals surface area contributed by atoms with Gasteiger partial charge in [0.15, 0.2) is 0 Å². The Morgan fingerprint density at radius 2 is 1.62 bits per heavy atom. The van der Waals surface area contributed by atoms with E-state index >= 15 is 0 Å². The van der Waals surface area contributed by atoms with Crippen molar-refractivity contribution in [1.29, 1.82) is 0 Å². The van der Waals surface area contributed by atoms with Crippen LogP contribution in [0.1, 0.15) is 53.4 Å². The van der Waals surface area contributed by atoms with Crippen molar-refractivity contribution in [3.05, 3.63) is 0 Å². The minimum absolute atomic E-state index is 0.474. The molecule has 0 aromatic carbocycles. The summed E-state index contributed by atoms with van der Waals surface area (Å²) in [6.07, 6.45) is 4.36. The van der Waals surface area contributed by atoms with Gasteiger partial charge in [0, 0.05) is 0 Å². The molecule has 0 bridgehead atoms. The molecule has 0 radical (unpaired) electrons. The maximum atomic E-state index is 4.86. The molecular formula is C12H26O4. The van der Waals surface area contributed by atoms with Crippen LogP contribution in [0.2, 0.25) is 0 Å². The lowest BCUT2D eigenvalue weighted by Crippen LogP contribution is -2.08. The molecule has 0 heterocycles. The second-order valence-corrected chi connectivity index (χ2v) is 4.67. The van der Waals surface area contributed by atoms with Crippen LogP contribution in [-0.2, 0) is 19.9 Å². The van der Waals surface area contributed by atoms with Crippen LogP contribution in [0.4, 0.5) is 0 Å². The first-order chi connectivity index (χ1) is 7.66. The second-order valence-electron chi connectivity index (χ2n) is 4.67. The van der Waals surface area contributed by atoms with Crippen molar-refractivity contribution < 1.29 is 19.9 Å². The molecule has 0 aromatic heterocycles. The topological polar surface area (TPSA) is 36.9 Å². The van der Waals surface area contributed by atoms with Crippen LogP contribution >= 0.6 is 0 Å². The summed E-state index contributed by atoms with van der Waals surface area (Å²) in [5.74, 6) is 1.21. The SMILES string of the molecule is CCCCOOOOCC(C)CCC(C)C. The number of hydrogen-bond acceptors (Lipinski definition) is 4. The monoisotopic (exact) mass is 234 g/mol. The van der Waals surface area contributed by atoms with Gasteiger partial charge in [-0.25, -0.2) is 9.78 Å². The minimum Gasteiger partial charge on any atom is -0.204 e. The molecular weight excluding hydrogens is 208 g/mol. The summed E-state index contributed by atoms with van der Waals surface area (Å²) in [6.45, 7) is 9.71. The zero-order chi connectivity index (χ0) is 12.2. The fourth-order valence-corrected chi connectivity index (χ4v) is 1.12. The molecule has 0 aliphatic rings. The first-order valence-electron chi connectivity index (χ1n) is 6.24. The first-order valence-corrected chi connectivity index (χ1v) is 6.24. The molecule has 0 spiro atoms. The zero-order valence-electron chi connectivity index (χ0n) is 11.0. The summed E-state index contributed by atoms with van der Waals surface area (Å²) < 4.78 is 0. The second kappa shape index (κ2) is 11.3. The maximum Gasteiger partial charge on any atom is 0.0880 e.